The topological polar surface area (TPSA) is 17.1 Å². The Bertz CT molecular complexity index is 526. The molecule has 0 fully saturated rings. The van der Waals surface area contributed by atoms with Crippen molar-refractivity contribution in [3.05, 3.63) is 47.5 Å². The number of aryl methyl sites for hydroxylation is 1. The van der Waals surface area contributed by atoms with E-state index in [0.717, 1.165) is 17.4 Å². The van der Waals surface area contributed by atoms with E-state index in [1.165, 1.54) is 10.9 Å². The second-order valence-electron chi connectivity index (χ2n) is 3.74. The van der Waals surface area contributed by atoms with Gasteiger partial charge in [0.1, 0.15) is 0 Å². The zero-order chi connectivity index (χ0) is 9.54. The van der Waals surface area contributed by atoms with Crippen molar-refractivity contribution < 1.29 is 4.79 Å². The van der Waals surface area contributed by atoms with Crippen LogP contribution in [-0.2, 0) is 6.42 Å². The molecule has 0 aliphatic heterocycles. The number of ketones is 1. The van der Waals surface area contributed by atoms with Crippen molar-refractivity contribution in [1.82, 2.24) is 0 Å². The maximum absolute atomic E-state index is 11.7. The molecule has 0 unspecified atom stereocenters. The molecule has 0 N–H and O–H groups in total. The van der Waals surface area contributed by atoms with Crippen LogP contribution in [0.25, 0.3) is 10.8 Å². The standard InChI is InChI=1S/C13H10O/c14-12-8-7-10-6-5-9-3-1-2-4-11(9)13(10)12/h1-6H,7-8H2. The lowest BCUT2D eigenvalue weighted by Crippen LogP contribution is -1.92. The van der Waals surface area contributed by atoms with Crippen molar-refractivity contribution >= 4 is 16.6 Å². The van der Waals surface area contributed by atoms with Gasteiger partial charge in [-0.05, 0) is 22.8 Å². The molecule has 0 radical (unpaired) electrons. The molecule has 0 saturated heterocycles. The summed E-state index contributed by atoms with van der Waals surface area (Å²) in [5, 5.41) is 2.29. The van der Waals surface area contributed by atoms with E-state index in [4.69, 9.17) is 0 Å². The van der Waals surface area contributed by atoms with Crippen molar-refractivity contribution in [2.45, 2.75) is 12.8 Å². The Morgan fingerprint density at radius 1 is 0.929 bits per heavy atom. The third kappa shape index (κ3) is 0.925. The second-order valence-corrected chi connectivity index (χ2v) is 3.74. The number of hydrogen-bond donors (Lipinski definition) is 0. The molecule has 0 aromatic heterocycles. The molecule has 1 heteroatoms. The van der Waals surface area contributed by atoms with Crippen molar-refractivity contribution in [3.63, 3.8) is 0 Å². The highest BCUT2D eigenvalue weighted by Crippen LogP contribution is 2.29. The fourth-order valence-corrected chi connectivity index (χ4v) is 2.23. The Hall–Kier alpha value is -1.63. The minimum absolute atomic E-state index is 0.303. The summed E-state index contributed by atoms with van der Waals surface area (Å²) in [4.78, 5) is 11.7. The summed E-state index contributed by atoms with van der Waals surface area (Å²) in [6, 6.07) is 12.3. The molecule has 1 nitrogen and oxygen atoms in total. The van der Waals surface area contributed by atoms with Crippen LogP contribution < -0.4 is 0 Å². The fraction of sp³-hybridized carbons (Fsp3) is 0.154. The maximum Gasteiger partial charge on any atom is 0.164 e. The molecule has 0 spiro atoms. The first-order valence-corrected chi connectivity index (χ1v) is 4.90. The molecule has 1 aliphatic carbocycles. The zero-order valence-electron chi connectivity index (χ0n) is 7.79. The lowest BCUT2D eigenvalue weighted by molar-refractivity contribution is 0.0996. The molecule has 0 amide bonds. The molecule has 1 aliphatic rings. The Kier molecular flexibility index (Phi) is 1.48. The van der Waals surface area contributed by atoms with Gasteiger partial charge < -0.3 is 0 Å². The number of Topliss-reactive ketones (excluding diaryl/α,β-unsaturated/α-hetero) is 1. The number of rotatable bonds is 0. The normalized spacial score (nSPS) is 14.7. The van der Waals surface area contributed by atoms with E-state index in [-0.39, 0.29) is 0 Å². The quantitative estimate of drug-likeness (QED) is 0.612. The molecule has 68 valence electrons. The first-order valence-electron chi connectivity index (χ1n) is 4.90. The van der Waals surface area contributed by atoms with E-state index in [2.05, 4.69) is 18.2 Å². The molecule has 3 rings (SSSR count). The first kappa shape index (κ1) is 7.74. The van der Waals surface area contributed by atoms with E-state index in [1.807, 2.05) is 18.2 Å². The van der Waals surface area contributed by atoms with Crippen LogP contribution >= 0.6 is 0 Å². The summed E-state index contributed by atoms with van der Waals surface area (Å²) in [6.45, 7) is 0. The number of carbonyl (C=O) groups is 1. The third-order valence-electron chi connectivity index (χ3n) is 2.92. The van der Waals surface area contributed by atoms with Crippen molar-refractivity contribution in [2.75, 3.05) is 0 Å². The van der Waals surface area contributed by atoms with Crippen LogP contribution in [0, 0.1) is 0 Å². The van der Waals surface area contributed by atoms with Gasteiger partial charge in [-0.25, -0.2) is 0 Å². The molecule has 0 saturated carbocycles. The van der Waals surface area contributed by atoms with Gasteiger partial charge in [-0.3, -0.25) is 4.79 Å². The van der Waals surface area contributed by atoms with Crippen LogP contribution in [0.2, 0.25) is 0 Å². The average molecular weight is 182 g/mol. The minimum Gasteiger partial charge on any atom is -0.294 e. The highest BCUT2D eigenvalue weighted by molar-refractivity contribution is 6.11. The number of fused-ring (bicyclic) bond motifs is 3. The molecule has 0 atom stereocenters. The summed E-state index contributed by atoms with van der Waals surface area (Å²) < 4.78 is 0. The van der Waals surface area contributed by atoms with Gasteiger partial charge in [-0.1, -0.05) is 36.4 Å². The summed E-state index contributed by atoms with van der Waals surface area (Å²) in [7, 11) is 0. The largest absolute Gasteiger partial charge is 0.294 e. The fourth-order valence-electron chi connectivity index (χ4n) is 2.23. The summed E-state index contributed by atoms with van der Waals surface area (Å²) in [5.74, 6) is 0.303. The monoisotopic (exact) mass is 182 g/mol. The van der Waals surface area contributed by atoms with Gasteiger partial charge >= 0.3 is 0 Å². The van der Waals surface area contributed by atoms with Crippen LogP contribution in [0.15, 0.2) is 36.4 Å². The van der Waals surface area contributed by atoms with E-state index < -0.39 is 0 Å². The van der Waals surface area contributed by atoms with E-state index in [1.54, 1.807) is 0 Å². The highest BCUT2D eigenvalue weighted by atomic mass is 16.1. The average Bonchev–Trinajstić information content (AvgIpc) is 2.61. The smallest absolute Gasteiger partial charge is 0.164 e. The molecule has 14 heavy (non-hydrogen) atoms. The number of benzene rings is 2. The first-order chi connectivity index (χ1) is 6.86. The number of hydrogen-bond acceptors (Lipinski definition) is 1. The molecule has 0 heterocycles. The SMILES string of the molecule is O=C1CCc2ccc3ccccc3c21. The number of carbonyl (C=O) groups excluding carboxylic acids is 1. The highest BCUT2D eigenvalue weighted by Gasteiger charge is 2.21. The van der Waals surface area contributed by atoms with Gasteiger partial charge in [0.2, 0.25) is 0 Å². The van der Waals surface area contributed by atoms with Crippen molar-refractivity contribution in [2.24, 2.45) is 0 Å². The van der Waals surface area contributed by atoms with Gasteiger partial charge in [-0.2, -0.15) is 0 Å². The maximum atomic E-state index is 11.7. The van der Waals surface area contributed by atoms with Gasteiger partial charge in [-0.15, -0.1) is 0 Å². The molecule has 2 aromatic rings. The lowest BCUT2D eigenvalue weighted by atomic mass is 10.0. The Labute approximate surface area is 82.4 Å². The molecular formula is C13H10O. The second kappa shape index (κ2) is 2.68. The molecular weight excluding hydrogens is 172 g/mol. The van der Waals surface area contributed by atoms with Crippen LogP contribution in [0.3, 0.4) is 0 Å². The van der Waals surface area contributed by atoms with Gasteiger partial charge in [0, 0.05) is 12.0 Å². The summed E-state index contributed by atoms with van der Waals surface area (Å²) in [6.07, 6.45) is 1.60. The van der Waals surface area contributed by atoms with E-state index in [9.17, 15) is 4.79 Å². The van der Waals surface area contributed by atoms with Gasteiger partial charge in [0.25, 0.3) is 0 Å². The van der Waals surface area contributed by atoms with Crippen molar-refractivity contribution in [1.29, 1.82) is 0 Å². The third-order valence-corrected chi connectivity index (χ3v) is 2.92. The predicted octanol–water partition coefficient (Wildman–Crippen LogP) is 2.97. The Balaban J connectivity index is 2.47. The molecule has 2 aromatic carbocycles. The van der Waals surface area contributed by atoms with Crippen LogP contribution in [-0.4, -0.2) is 5.78 Å². The molecule has 0 bridgehead atoms. The van der Waals surface area contributed by atoms with Crippen LogP contribution in [0.5, 0.6) is 0 Å². The van der Waals surface area contributed by atoms with Crippen LogP contribution in [0.1, 0.15) is 22.3 Å². The van der Waals surface area contributed by atoms with Gasteiger partial charge in [0.15, 0.2) is 5.78 Å². The Morgan fingerprint density at radius 3 is 2.71 bits per heavy atom. The van der Waals surface area contributed by atoms with Gasteiger partial charge in [0.05, 0.1) is 0 Å². The van der Waals surface area contributed by atoms with E-state index in [0.29, 0.717) is 12.2 Å². The predicted molar refractivity (Wildman–Crippen MR) is 56.6 cm³/mol. The zero-order valence-corrected chi connectivity index (χ0v) is 7.79. The summed E-state index contributed by atoms with van der Waals surface area (Å²) in [5.41, 5.74) is 2.18. The van der Waals surface area contributed by atoms with E-state index >= 15 is 0 Å². The minimum atomic E-state index is 0.303. The summed E-state index contributed by atoms with van der Waals surface area (Å²) >= 11 is 0. The van der Waals surface area contributed by atoms with Crippen LogP contribution in [0.4, 0.5) is 0 Å². The Morgan fingerprint density at radius 2 is 1.79 bits per heavy atom. The lowest BCUT2D eigenvalue weighted by Gasteiger charge is -2.03. The van der Waals surface area contributed by atoms with Crippen molar-refractivity contribution in [3.8, 4) is 0 Å².